The fourth-order valence-corrected chi connectivity index (χ4v) is 3.14. The van der Waals surface area contributed by atoms with Crippen molar-refractivity contribution >= 4 is 31.9 Å². The van der Waals surface area contributed by atoms with Gasteiger partial charge in [-0.05, 0) is 48.9 Å². The summed E-state index contributed by atoms with van der Waals surface area (Å²) in [5, 5.41) is 1.04. The summed E-state index contributed by atoms with van der Waals surface area (Å²) in [5.41, 5.74) is 4.14. The van der Waals surface area contributed by atoms with E-state index in [4.69, 9.17) is 0 Å². The molecular formula is C17H18Br2. The van der Waals surface area contributed by atoms with Crippen molar-refractivity contribution in [1.29, 1.82) is 0 Å². The highest BCUT2D eigenvalue weighted by Crippen LogP contribution is 2.19. The molecule has 1 atom stereocenters. The Morgan fingerprint density at radius 2 is 1.63 bits per heavy atom. The Hall–Kier alpha value is -0.600. The van der Waals surface area contributed by atoms with Gasteiger partial charge in [-0.2, -0.15) is 0 Å². The SMILES string of the molecule is Cc1ccc(CC(CBr)Cc2cccc(Br)c2)cc1. The Morgan fingerprint density at radius 1 is 0.947 bits per heavy atom. The average molecular weight is 382 g/mol. The number of hydrogen-bond donors (Lipinski definition) is 0. The van der Waals surface area contributed by atoms with Crippen LogP contribution in [0.5, 0.6) is 0 Å². The summed E-state index contributed by atoms with van der Waals surface area (Å²) in [6, 6.07) is 17.5. The fraction of sp³-hybridized carbons (Fsp3) is 0.294. The number of alkyl halides is 1. The quantitative estimate of drug-likeness (QED) is 0.595. The summed E-state index contributed by atoms with van der Waals surface area (Å²) in [6.07, 6.45) is 2.23. The van der Waals surface area contributed by atoms with Gasteiger partial charge in [0.05, 0.1) is 0 Å². The van der Waals surface area contributed by atoms with Gasteiger partial charge in [-0.25, -0.2) is 0 Å². The van der Waals surface area contributed by atoms with Crippen molar-refractivity contribution in [3.05, 3.63) is 69.7 Å². The monoisotopic (exact) mass is 380 g/mol. The maximum atomic E-state index is 3.65. The summed E-state index contributed by atoms with van der Waals surface area (Å²) in [7, 11) is 0. The molecule has 0 saturated heterocycles. The molecule has 0 spiro atoms. The van der Waals surface area contributed by atoms with Gasteiger partial charge >= 0.3 is 0 Å². The summed E-state index contributed by atoms with van der Waals surface area (Å²) >= 11 is 7.19. The van der Waals surface area contributed by atoms with Gasteiger partial charge in [0.2, 0.25) is 0 Å². The Labute approximate surface area is 132 Å². The third-order valence-corrected chi connectivity index (χ3v) is 4.69. The maximum absolute atomic E-state index is 3.65. The molecule has 0 nitrogen and oxygen atoms in total. The maximum Gasteiger partial charge on any atom is 0.0177 e. The summed E-state index contributed by atoms with van der Waals surface area (Å²) in [4.78, 5) is 0. The first-order valence-corrected chi connectivity index (χ1v) is 8.45. The highest BCUT2D eigenvalue weighted by Gasteiger charge is 2.09. The Kier molecular flexibility index (Phi) is 5.65. The smallest absolute Gasteiger partial charge is 0.0177 e. The highest BCUT2D eigenvalue weighted by atomic mass is 79.9. The van der Waals surface area contributed by atoms with Crippen LogP contribution < -0.4 is 0 Å². The number of benzene rings is 2. The van der Waals surface area contributed by atoms with Crippen LogP contribution in [0.25, 0.3) is 0 Å². The molecule has 0 fully saturated rings. The molecule has 0 bridgehead atoms. The standard InChI is InChI=1S/C17H18Br2/c1-13-5-7-14(8-6-13)9-16(12-18)10-15-3-2-4-17(19)11-15/h2-8,11,16H,9-10,12H2,1H3. The van der Waals surface area contributed by atoms with Gasteiger partial charge in [0.15, 0.2) is 0 Å². The molecule has 2 aromatic carbocycles. The number of rotatable bonds is 5. The second-order valence-corrected chi connectivity index (χ2v) is 6.61. The predicted molar refractivity (Wildman–Crippen MR) is 90.0 cm³/mol. The van der Waals surface area contributed by atoms with Crippen LogP contribution in [0.15, 0.2) is 53.0 Å². The van der Waals surface area contributed by atoms with E-state index in [1.807, 2.05) is 0 Å². The molecular weight excluding hydrogens is 364 g/mol. The highest BCUT2D eigenvalue weighted by molar-refractivity contribution is 9.10. The molecule has 100 valence electrons. The van der Waals surface area contributed by atoms with E-state index < -0.39 is 0 Å². The van der Waals surface area contributed by atoms with Gasteiger partial charge in [-0.3, -0.25) is 0 Å². The normalized spacial score (nSPS) is 12.4. The van der Waals surface area contributed by atoms with Gasteiger partial charge < -0.3 is 0 Å². The molecule has 0 saturated carbocycles. The van der Waals surface area contributed by atoms with Gasteiger partial charge in [0.25, 0.3) is 0 Å². The van der Waals surface area contributed by atoms with E-state index in [1.165, 1.54) is 16.7 Å². The van der Waals surface area contributed by atoms with Gasteiger partial charge in [0, 0.05) is 9.80 Å². The zero-order chi connectivity index (χ0) is 13.7. The zero-order valence-electron chi connectivity index (χ0n) is 11.1. The van der Waals surface area contributed by atoms with E-state index in [-0.39, 0.29) is 0 Å². The van der Waals surface area contributed by atoms with Crippen LogP contribution in [-0.4, -0.2) is 5.33 Å². The topological polar surface area (TPSA) is 0 Å². The Balaban J connectivity index is 2.02. The molecule has 0 aromatic heterocycles. The van der Waals surface area contributed by atoms with Gasteiger partial charge in [-0.15, -0.1) is 0 Å². The molecule has 19 heavy (non-hydrogen) atoms. The zero-order valence-corrected chi connectivity index (χ0v) is 14.2. The van der Waals surface area contributed by atoms with E-state index in [0.717, 1.165) is 22.6 Å². The molecule has 0 heterocycles. The fourth-order valence-electron chi connectivity index (χ4n) is 2.24. The van der Waals surface area contributed by atoms with E-state index >= 15 is 0 Å². The van der Waals surface area contributed by atoms with Crippen molar-refractivity contribution in [2.45, 2.75) is 19.8 Å². The Bertz CT molecular complexity index is 517. The van der Waals surface area contributed by atoms with E-state index in [2.05, 4.69) is 87.3 Å². The van der Waals surface area contributed by atoms with Crippen molar-refractivity contribution < 1.29 is 0 Å². The second-order valence-electron chi connectivity index (χ2n) is 5.04. The molecule has 0 aliphatic heterocycles. The molecule has 0 N–H and O–H groups in total. The molecule has 2 rings (SSSR count). The second kappa shape index (κ2) is 7.25. The third kappa shape index (κ3) is 4.77. The number of halogens is 2. The molecule has 0 aliphatic rings. The lowest BCUT2D eigenvalue weighted by molar-refractivity contribution is 0.591. The summed E-state index contributed by atoms with van der Waals surface area (Å²) in [5.74, 6) is 0.636. The summed E-state index contributed by atoms with van der Waals surface area (Å²) in [6.45, 7) is 2.13. The first-order valence-electron chi connectivity index (χ1n) is 6.53. The predicted octanol–water partition coefficient (Wildman–Crippen LogP) is 5.55. The van der Waals surface area contributed by atoms with Crippen molar-refractivity contribution in [2.24, 2.45) is 5.92 Å². The molecule has 1 unspecified atom stereocenters. The minimum Gasteiger partial charge on any atom is -0.0925 e. The minimum absolute atomic E-state index is 0.636. The molecule has 0 amide bonds. The molecule has 0 aliphatic carbocycles. The van der Waals surface area contributed by atoms with Crippen molar-refractivity contribution in [3.63, 3.8) is 0 Å². The van der Waals surface area contributed by atoms with Crippen LogP contribution in [0.2, 0.25) is 0 Å². The lowest BCUT2D eigenvalue weighted by Crippen LogP contribution is -2.10. The van der Waals surface area contributed by atoms with Crippen LogP contribution in [0.3, 0.4) is 0 Å². The number of hydrogen-bond acceptors (Lipinski definition) is 0. The molecule has 2 aromatic rings. The molecule has 0 radical (unpaired) electrons. The van der Waals surface area contributed by atoms with Crippen LogP contribution in [0, 0.1) is 12.8 Å². The van der Waals surface area contributed by atoms with Crippen LogP contribution >= 0.6 is 31.9 Å². The third-order valence-electron chi connectivity index (χ3n) is 3.28. The first kappa shape index (κ1) is 14.8. The van der Waals surface area contributed by atoms with E-state index in [9.17, 15) is 0 Å². The van der Waals surface area contributed by atoms with Crippen LogP contribution in [-0.2, 0) is 12.8 Å². The summed E-state index contributed by atoms with van der Waals surface area (Å²) < 4.78 is 1.16. The lowest BCUT2D eigenvalue weighted by atomic mass is 9.94. The van der Waals surface area contributed by atoms with E-state index in [1.54, 1.807) is 0 Å². The van der Waals surface area contributed by atoms with Crippen molar-refractivity contribution in [1.82, 2.24) is 0 Å². The van der Waals surface area contributed by atoms with Crippen LogP contribution in [0.4, 0.5) is 0 Å². The average Bonchev–Trinajstić information content (AvgIpc) is 2.40. The first-order chi connectivity index (χ1) is 9.17. The molecule has 2 heteroatoms. The van der Waals surface area contributed by atoms with Gasteiger partial charge in [-0.1, -0.05) is 73.8 Å². The van der Waals surface area contributed by atoms with Gasteiger partial charge in [0.1, 0.15) is 0 Å². The van der Waals surface area contributed by atoms with E-state index in [0.29, 0.717) is 5.92 Å². The van der Waals surface area contributed by atoms with Crippen LogP contribution in [0.1, 0.15) is 16.7 Å². The minimum atomic E-state index is 0.636. The van der Waals surface area contributed by atoms with Crippen molar-refractivity contribution in [3.8, 4) is 0 Å². The largest absolute Gasteiger partial charge is 0.0925 e. The number of aryl methyl sites for hydroxylation is 1. The lowest BCUT2D eigenvalue weighted by Gasteiger charge is -2.14. The van der Waals surface area contributed by atoms with Crippen molar-refractivity contribution in [2.75, 3.05) is 5.33 Å². The Morgan fingerprint density at radius 3 is 2.26 bits per heavy atom.